The van der Waals surface area contributed by atoms with Crippen LogP contribution in [0.25, 0.3) is 0 Å². The zero-order chi connectivity index (χ0) is 15.5. The number of nitrogens with zero attached hydrogens (tertiary/aromatic N) is 1. The molecule has 0 unspecified atom stereocenters. The van der Waals surface area contributed by atoms with Gasteiger partial charge in [-0.2, -0.15) is 0 Å². The summed E-state index contributed by atoms with van der Waals surface area (Å²) in [7, 11) is 0. The van der Waals surface area contributed by atoms with E-state index in [-0.39, 0.29) is 11.8 Å². The summed E-state index contributed by atoms with van der Waals surface area (Å²) < 4.78 is 0. The van der Waals surface area contributed by atoms with Crippen molar-refractivity contribution in [1.82, 2.24) is 0 Å². The highest BCUT2D eigenvalue weighted by Gasteiger charge is 2.29. The Morgan fingerprint density at radius 2 is 1.77 bits per heavy atom. The summed E-state index contributed by atoms with van der Waals surface area (Å²) in [5.41, 5.74) is 3.06. The van der Waals surface area contributed by atoms with Crippen LogP contribution in [0.4, 0.5) is 5.69 Å². The number of hydrogen-bond donors (Lipinski definition) is 0. The van der Waals surface area contributed by atoms with Crippen LogP contribution in [-0.2, 0) is 0 Å². The van der Waals surface area contributed by atoms with Crippen LogP contribution in [0.1, 0.15) is 23.7 Å². The normalized spacial score (nSPS) is 18.0. The molecule has 22 heavy (non-hydrogen) atoms. The zero-order valence-electron chi connectivity index (χ0n) is 12.5. The monoisotopic (exact) mass is 311 g/mol. The molecule has 112 valence electrons. The highest BCUT2D eigenvalue weighted by molar-refractivity contribution is 6.30. The highest BCUT2D eigenvalue weighted by Crippen LogP contribution is 2.28. The van der Waals surface area contributed by atoms with Crippen molar-refractivity contribution in [2.45, 2.75) is 19.4 Å². The summed E-state index contributed by atoms with van der Waals surface area (Å²) in [5, 5.41) is 0.707. The van der Waals surface area contributed by atoms with E-state index >= 15 is 0 Å². The van der Waals surface area contributed by atoms with Gasteiger partial charge in [-0.15, -0.1) is 0 Å². The standard InChI is InChI=1S/C19H18ClNO/c1-14-11-12-21(17-9-7-16(20)8-10-17)18(13-14)19(22)15-5-3-2-4-6-15/h2-11,18H,12-13H2,1H3/t18-/m0/s1. The maximum atomic E-state index is 12.9. The minimum absolute atomic E-state index is 0.159. The fourth-order valence-corrected chi connectivity index (χ4v) is 2.95. The lowest BCUT2D eigenvalue weighted by Crippen LogP contribution is -2.44. The van der Waals surface area contributed by atoms with Crippen LogP contribution in [0, 0.1) is 0 Å². The maximum Gasteiger partial charge on any atom is 0.185 e. The first-order valence-electron chi connectivity index (χ1n) is 7.42. The second kappa shape index (κ2) is 6.37. The summed E-state index contributed by atoms with van der Waals surface area (Å²) in [6.07, 6.45) is 2.94. The fourth-order valence-electron chi connectivity index (χ4n) is 2.83. The van der Waals surface area contributed by atoms with Crippen molar-refractivity contribution >= 4 is 23.1 Å². The zero-order valence-corrected chi connectivity index (χ0v) is 13.3. The van der Waals surface area contributed by atoms with Crippen LogP contribution in [0.15, 0.2) is 66.2 Å². The molecule has 1 heterocycles. The van der Waals surface area contributed by atoms with E-state index in [1.54, 1.807) is 0 Å². The van der Waals surface area contributed by atoms with Gasteiger partial charge >= 0.3 is 0 Å². The van der Waals surface area contributed by atoms with E-state index in [4.69, 9.17) is 11.6 Å². The molecule has 1 aliphatic heterocycles. The Labute approximate surface area is 136 Å². The summed E-state index contributed by atoms with van der Waals surface area (Å²) in [5.74, 6) is 0.169. The number of halogens is 1. The quantitative estimate of drug-likeness (QED) is 0.602. The third-order valence-electron chi connectivity index (χ3n) is 4.05. The Hall–Kier alpha value is -2.06. The van der Waals surface area contributed by atoms with Crippen LogP contribution in [0.2, 0.25) is 5.02 Å². The predicted molar refractivity (Wildman–Crippen MR) is 91.7 cm³/mol. The molecule has 0 fully saturated rings. The van der Waals surface area contributed by atoms with E-state index in [0.29, 0.717) is 5.02 Å². The average molecular weight is 312 g/mol. The van der Waals surface area contributed by atoms with Crippen molar-refractivity contribution in [3.63, 3.8) is 0 Å². The number of hydrogen-bond acceptors (Lipinski definition) is 2. The van der Waals surface area contributed by atoms with E-state index in [2.05, 4.69) is 17.9 Å². The average Bonchev–Trinajstić information content (AvgIpc) is 2.56. The van der Waals surface area contributed by atoms with Crippen molar-refractivity contribution in [1.29, 1.82) is 0 Å². The minimum atomic E-state index is -0.159. The molecule has 3 heteroatoms. The molecule has 0 radical (unpaired) electrons. The molecule has 1 aliphatic rings. The molecule has 0 saturated carbocycles. The molecule has 3 rings (SSSR count). The van der Waals surface area contributed by atoms with Gasteiger partial charge in [0, 0.05) is 22.8 Å². The number of ketones is 1. The fraction of sp³-hybridized carbons (Fsp3) is 0.211. The molecular weight excluding hydrogens is 294 g/mol. The van der Waals surface area contributed by atoms with Crippen molar-refractivity contribution in [3.8, 4) is 0 Å². The van der Waals surface area contributed by atoms with Gasteiger partial charge in [-0.05, 0) is 37.6 Å². The molecule has 2 nitrogen and oxygen atoms in total. The molecule has 0 bridgehead atoms. The van der Waals surface area contributed by atoms with E-state index < -0.39 is 0 Å². The number of Topliss-reactive ketones (excluding diaryl/α,β-unsaturated/α-hetero) is 1. The van der Waals surface area contributed by atoms with Crippen molar-refractivity contribution < 1.29 is 4.79 Å². The first kappa shape index (κ1) is 14.9. The molecule has 2 aromatic rings. The summed E-state index contributed by atoms with van der Waals surface area (Å²) in [6, 6.07) is 17.0. The van der Waals surface area contributed by atoms with E-state index in [0.717, 1.165) is 24.2 Å². The van der Waals surface area contributed by atoms with Gasteiger partial charge in [0.05, 0.1) is 6.04 Å². The number of benzene rings is 2. The summed E-state index contributed by atoms with van der Waals surface area (Å²) >= 11 is 5.97. The molecular formula is C19H18ClNO. The lowest BCUT2D eigenvalue weighted by atomic mass is 9.93. The van der Waals surface area contributed by atoms with Crippen LogP contribution in [0.5, 0.6) is 0 Å². The third-order valence-corrected chi connectivity index (χ3v) is 4.30. The van der Waals surface area contributed by atoms with Gasteiger partial charge in [-0.25, -0.2) is 0 Å². The Balaban J connectivity index is 1.93. The first-order valence-corrected chi connectivity index (χ1v) is 7.80. The number of rotatable bonds is 3. The Morgan fingerprint density at radius 1 is 1.09 bits per heavy atom. The Morgan fingerprint density at radius 3 is 2.45 bits per heavy atom. The molecule has 1 atom stereocenters. The van der Waals surface area contributed by atoms with E-state index in [1.807, 2.05) is 54.6 Å². The van der Waals surface area contributed by atoms with Gasteiger partial charge in [0.1, 0.15) is 0 Å². The van der Waals surface area contributed by atoms with Gasteiger partial charge in [0.15, 0.2) is 5.78 Å². The molecule has 0 aromatic heterocycles. The van der Waals surface area contributed by atoms with Gasteiger partial charge in [0.2, 0.25) is 0 Å². The topological polar surface area (TPSA) is 20.3 Å². The molecule has 0 saturated heterocycles. The largest absolute Gasteiger partial charge is 0.357 e. The SMILES string of the molecule is CC1=CCN(c2ccc(Cl)cc2)[C@H](C(=O)c2ccccc2)C1. The lowest BCUT2D eigenvalue weighted by molar-refractivity contribution is 0.0956. The van der Waals surface area contributed by atoms with Crippen molar-refractivity contribution in [2.75, 3.05) is 11.4 Å². The smallest absolute Gasteiger partial charge is 0.185 e. The summed E-state index contributed by atoms with van der Waals surface area (Å²) in [4.78, 5) is 15.1. The van der Waals surface area contributed by atoms with Gasteiger partial charge in [0.25, 0.3) is 0 Å². The van der Waals surface area contributed by atoms with Crippen LogP contribution < -0.4 is 4.90 Å². The van der Waals surface area contributed by atoms with Crippen LogP contribution in [0.3, 0.4) is 0 Å². The Kier molecular flexibility index (Phi) is 4.30. The molecule has 0 aliphatic carbocycles. The van der Waals surface area contributed by atoms with Gasteiger partial charge < -0.3 is 4.90 Å². The predicted octanol–water partition coefficient (Wildman–Crippen LogP) is 4.75. The maximum absolute atomic E-state index is 12.9. The van der Waals surface area contributed by atoms with Crippen LogP contribution >= 0.6 is 11.6 Å². The van der Waals surface area contributed by atoms with Crippen molar-refractivity contribution in [2.24, 2.45) is 0 Å². The number of anilines is 1. The van der Waals surface area contributed by atoms with Gasteiger partial charge in [-0.1, -0.05) is 53.6 Å². The molecule has 2 aromatic carbocycles. The number of carbonyl (C=O) groups is 1. The second-order valence-corrected chi connectivity index (χ2v) is 6.07. The summed E-state index contributed by atoms with van der Waals surface area (Å²) in [6.45, 7) is 2.83. The molecule has 0 amide bonds. The van der Waals surface area contributed by atoms with E-state index in [1.165, 1.54) is 5.57 Å². The first-order chi connectivity index (χ1) is 10.6. The van der Waals surface area contributed by atoms with Gasteiger partial charge in [-0.3, -0.25) is 4.79 Å². The highest BCUT2D eigenvalue weighted by atomic mass is 35.5. The third kappa shape index (κ3) is 3.07. The molecule has 0 spiro atoms. The Bertz CT molecular complexity index is 691. The van der Waals surface area contributed by atoms with Crippen molar-refractivity contribution in [3.05, 3.63) is 76.8 Å². The van der Waals surface area contributed by atoms with E-state index in [9.17, 15) is 4.79 Å². The van der Waals surface area contributed by atoms with Crippen LogP contribution in [-0.4, -0.2) is 18.4 Å². The number of carbonyl (C=O) groups excluding carboxylic acids is 1. The minimum Gasteiger partial charge on any atom is -0.357 e. The second-order valence-electron chi connectivity index (χ2n) is 5.63. The molecule has 0 N–H and O–H groups in total. The lowest BCUT2D eigenvalue weighted by Gasteiger charge is -2.35.